The lowest BCUT2D eigenvalue weighted by Gasteiger charge is -2.23. The van der Waals surface area contributed by atoms with E-state index in [1.807, 2.05) is 6.07 Å². The number of hydrogen-bond acceptors (Lipinski definition) is 4. The Labute approximate surface area is 140 Å². The van der Waals surface area contributed by atoms with Crippen LogP contribution in [0.15, 0.2) is 42.6 Å². The standard InChI is InChI=1S/C18H20N4O2/c19-15-5-2-8-21-16(15)18(24)22(10-12-6-7-12)11-13-3-1-4-14(9-13)17(20)23/h1-5,8-9,12H,6-7,10-11,19H2,(H2,20,23). The number of benzene rings is 1. The molecule has 3 rings (SSSR count). The third kappa shape index (κ3) is 3.71. The van der Waals surface area contributed by atoms with Gasteiger partial charge in [0.05, 0.1) is 5.69 Å². The van der Waals surface area contributed by atoms with Crippen LogP contribution in [0.2, 0.25) is 0 Å². The Hall–Kier alpha value is -2.89. The van der Waals surface area contributed by atoms with Crippen molar-refractivity contribution in [1.82, 2.24) is 9.88 Å². The molecular formula is C18H20N4O2. The van der Waals surface area contributed by atoms with Gasteiger partial charge < -0.3 is 16.4 Å². The van der Waals surface area contributed by atoms with E-state index in [0.29, 0.717) is 30.3 Å². The molecule has 1 fully saturated rings. The van der Waals surface area contributed by atoms with Crippen LogP contribution in [0.3, 0.4) is 0 Å². The largest absolute Gasteiger partial charge is 0.397 e. The molecule has 0 atom stereocenters. The zero-order chi connectivity index (χ0) is 17.1. The average molecular weight is 324 g/mol. The number of nitrogens with two attached hydrogens (primary N) is 2. The molecule has 1 heterocycles. The van der Waals surface area contributed by atoms with Gasteiger partial charge in [-0.15, -0.1) is 0 Å². The lowest BCUT2D eigenvalue weighted by atomic mass is 10.1. The molecule has 1 aliphatic carbocycles. The zero-order valence-corrected chi connectivity index (χ0v) is 13.3. The van der Waals surface area contributed by atoms with Crippen molar-refractivity contribution >= 4 is 17.5 Å². The number of rotatable bonds is 6. The summed E-state index contributed by atoms with van der Waals surface area (Å²) in [6, 6.07) is 10.4. The van der Waals surface area contributed by atoms with E-state index in [-0.39, 0.29) is 11.6 Å². The predicted octanol–water partition coefficient (Wildman–Crippen LogP) is 1.82. The highest BCUT2D eigenvalue weighted by Crippen LogP contribution is 2.31. The summed E-state index contributed by atoms with van der Waals surface area (Å²) in [5.41, 5.74) is 13.1. The second kappa shape index (κ2) is 6.70. The van der Waals surface area contributed by atoms with Crippen LogP contribution in [0.25, 0.3) is 0 Å². The van der Waals surface area contributed by atoms with Gasteiger partial charge in [-0.1, -0.05) is 12.1 Å². The highest BCUT2D eigenvalue weighted by molar-refractivity contribution is 5.97. The van der Waals surface area contributed by atoms with E-state index >= 15 is 0 Å². The molecule has 1 aromatic heterocycles. The summed E-state index contributed by atoms with van der Waals surface area (Å²) >= 11 is 0. The average Bonchev–Trinajstić information content (AvgIpc) is 3.38. The van der Waals surface area contributed by atoms with E-state index in [1.54, 1.807) is 41.4 Å². The Morgan fingerprint density at radius 3 is 2.67 bits per heavy atom. The number of nitrogen functional groups attached to an aromatic ring is 1. The fraction of sp³-hybridized carbons (Fsp3) is 0.278. The quantitative estimate of drug-likeness (QED) is 0.846. The normalized spacial score (nSPS) is 13.5. The summed E-state index contributed by atoms with van der Waals surface area (Å²) in [6.45, 7) is 1.06. The van der Waals surface area contributed by atoms with E-state index in [1.165, 1.54) is 0 Å². The minimum absolute atomic E-state index is 0.190. The minimum Gasteiger partial charge on any atom is -0.397 e. The monoisotopic (exact) mass is 324 g/mol. The van der Waals surface area contributed by atoms with Crippen LogP contribution in [0, 0.1) is 5.92 Å². The smallest absolute Gasteiger partial charge is 0.274 e. The van der Waals surface area contributed by atoms with Crippen molar-refractivity contribution in [3.05, 3.63) is 59.4 Å². The topological polar surface area (TPSA) is 102 Å². The molecule has 1 aromatic carbocycles. The molecule has 0 spiro atoms. The first-order valence-corrected chi connectivity index (χ1v) is 7.93. The number of nitrogens with zero attached hydrogens (tertiary/aromatic N) is 2. The van der Waals surface area contributed by atoms with E-state index < -0.39 is 5.91 Å². The van der Waals surface area contributed by atoms with Crippen LogP contribution in [-0.2, 0) is 6.54 Å². The van der Waals surface area contributed by atoms with Gasteiger partial charge in [0, 0.05) is 24.8 Å². The Morgan fingerprint density at radius 1 is 1.21 bits per heavy atom. The van der Waals surface area contributed by atoms with E-state index in [2.05, 4.69) is 4.98 Å². The van der Waals surface area contributed by atoms with Crippen LogP contribution >= 0.6 is 0 Å². The maximum absolute atomic E-state index is 12.8. The molecule has 0 unspecified atom stereocenters. The molecule has 2 aromatic rings. The van der Waals surface area contributed by atoms with Crippen LogP contribution in [-0.4, -0.2) is 28.2 Å². The van der Waals surface area contributed by atoms with Gasteiger partial charge in [-0.25, -0.2) is 4.98 Å². The molecule has 124 valence electrons. The fourth-order valence-electron chi connectivity index (χ4n) is 2.62. The zero-order valence-electron chi connectivity index (χ0n) is 13.3. The summed E-state index contributed by atoms with van der Waals surface area (Å²) in [5.74, 6) is -0.145. The van der Waals surface area contributed by atoms with Gasteiger partial charge >= 0.3 is 0 Å². The molecule has 1 aliphatic rings. The van der Waals surface area contributed by atoms with Gasteiger partial charge in [0.15, 0.2) is 5.69 Å². The third-order valence-corrected chi connectivity index (χ3v) is 4.09. The van der Waals surface area contributed by atoms with Gasteiger partial charge in [0.25, 0.3) is 5.91 Å². The highest BCUT2D eigenvalue weighted by Gasteiger charge is 2.28. The number of carbonyl (C=O) groups excluding carboxylic acids is 2. The number of primary amides is 1. The Balaban J connectivity index is 1.84. The van der Waals surface area contributed by atoms with Crippen molar-refractivity contribution in [3.63, 3.8) is 0 Å². The molecule has 0 radical (unpaired) electrons. The van der Waals surface area contributed by atoms with Crippen molar-refractivity contribution in [2.45, 2.75) is 19.4 Å². The molecule has 6 heteroatoms. The lowest BCUT2D eigenvalue weighted by molar-refractivity contribution is 0.0730. The summed E-state index contributed by atoms with van der Waals surface area (Å²) in [6.07, 6.45) is 3.82. The van der Waals surface area contributed by atoms with Crippen molar-refractivity contribution in [3.8, 4) is 0 Å². The van der Waals surface area contributed by atoms with Crippen molar-refractivity contribution in [2.75, 3.05) is 12.3 Å². The molecule has 1 saturated carbocycles. The van der Waals surface area contributed by atoms with Crippen LogP contribution in [0.4, 0.5) is 5.69 Å². The second-order valence-corrected chi connectivity index (χ2v) is 6.13. The first-order chi connectivity index (χ1) is 11.5. The van der Waals surface area contributed by atoms with Gasteiger partial charge in [0.2, 0.25) is 5.91 Å². The first-order valence-electron chi connectivity index (χ1n) is 7.93. The van der Waals surface area contributed by atoms with E-state index in [9.17, 15) is 9.59 Å². The van der Waals surface area contributed by atoms with Gasteiger partial charge in [-0.3, -0.25) is 9.59 Å². The van der Waals surface area contributed by atoms with Crippen LogP contribution < -0.4 is 11.5 Å². The summed E-state index contributed by atoms with van der Waals surface area (Å²) in [5, 5.41) is 0. The predicted molar refractivity (Wildman–Crippen MR) is 91.1 cm³/mol. The number of pyridine rings is 1. The van der Waals surface area contributed by atoms with E-state index in [0.717, 1.165) is 18.4 Å². The molecule has 6 nitrogen and oxygen atoms in total. The molecule has 2 amide bonds. The third-order valence-electron chi connectivity index (χ3n) is 4.09. The lowest BCUT2D eigenvalue weighted by Crippen LogP contribution is -2.33. The summed E-state index contributed by atoms with van der Waals surface area (Å²) in [4.78, 5) is 30.1. The Bertz CT molecular complexity index is 771. The fourth-order valence-corrected chi connectivity index (χ4v) is 2.62. The van der Waals surface area contributed by atoms with Gasteiger partial charge in [-0.2, -0.15) is 0 Å². The minimum atomic E-state index is -0.481. The van der Waals surface area contributed by atoms with Crippen molar-refractivity contribution < 1.29 is 9.59 Å². The Morgan fingerprint density at radius 2 is 2.00 bits per heavy atom. The van der Waals surface area contributed by atoms with Crippen LogP contribution in [0.1, 0.15) is 39.3 Å². The SMILES string of the molecule is NC(=O)c1cccc(CN(CC2CC2)C(=O)c2ncccc2N)c1. The number of aromatic nitrogens is 1. The Kier molecular flexibility index (Phi) is 4.46. The molecular weight excluding hydrogens is 304 g/mol. The maximum atomic E-state index is 12.8. The van der Waals surface area contributed by atoms with Crippen molar-refractivity contribution in [2.24, 2.45) is 11.7 Å². The molecule has 4 N–H and O–H groups in total. The number of hydrogen-bond donors (Lipinski definition) is 2. The molecule has 24 heavy (non-hydrogen) atoms. The molecule has 0 saturated heterocycles. The number of anilines is 1. The second-order valence-electron chi connectivity index (χ2n) is 6.13. The molecule has 0 aliphatic heterocycles. The maximum Gasteiger partial charge on any atom is 0.274 e. The summed E-state index contributed by atoms with van der Waals surface area (Å²) < 4.78 is 0. The highest BCUT2D eigenvalue weighted by atomic mass is 16.2. The van der Waals surface area contributed by atoms with Crippen LogP contribution in [0.5, 0.6) is 0 Å². The van der Waals surface area contributed by atoms with Gasteiger partial charge in [0.1, 0.15) is 0 Å². The van der Waals surface area contributed by atoms with E-state index in [4.69, 9.17) is 11.5 Å². The first kappa shape index (κ1) is 16.0. The number of amides is 2. The number of carbonyl (C=O) groups is 2. The molecule has 0 bridgehead atoms. The van der Waals surface area contributed by atoms with Crippen molar-refractivity contribution in [1.29, 1.82) is 0 Å². The van der Waals surface area contributed by atoms with Gasteiger partial charge in [-0.05, 0) is 48.6 Å². The summed E-state index contributed by atoms with van der Waals surface area (Å²) in [7, 11) is 0.